The smallest absolute Gasteiger partial charge is 0.323 e. The van der Waals surface area contributed by atoms with E-state index >= 15 is 0 Å². The predicted octanol–water partition coefficient (Wildman–Crippen LogP) is 2.34. The monoisotopic (exact) mass is 215 g/mol. The first kappa shape index (κ1) is 14.4. The van der Waals surface area contributed by atoms with Crippen LogP contribution in [0.2, 0.25) is 0 Å². The van der Waals surface area contributed by atoms with Gasteiger partial charge in [0.15, 0.2) is 0 Å². The third-order valence-corrected chi connectivity index (χ3v) is 2.31. The highest BCUT2D eigenvalue weighted by molar-refractivity contribution is 5.76. The minimum atomic E-state index is -0.549. The average molecular weight is 215 g/mol. The molecule has 0 aliphatic heterocycles. The van der Waals surface area contributed by atoms with Gasteiger partial charge in [-0.3, -0.25) is 4.79 Å². The first-order valence-electron chi connectivity index (χ1n) is 5.60. The van der Waals surface area contributed by atoms with Crippen molar-refractivity contribution in [2.24, 2.45) is 17.1 Å². The summed E-state index contributed by atoms with van der Waals surface area (Å²) in [7, 11) is 0. The summed E-state index contributed by atoms with van der Waals surface area (Å²) in [6, 6.07) is -0.549. The second-order valence-corrected chi connectivity index (χ2v) is 5.72. The van der Waals surface area contributed by atoms with Crippen LogP contribution >= 0.6 is 0 Å². The van der Waals surface area contributed by atoms with Gasteiger partial charge in [0, 0.05) is 0 Å². The molecule has 0 radical (unpaired) electrons. The topological polar surface area (TPSA) is 52.3 Å². The Kier molecular flexibility index (Phi) is 5.29. The molecule has 2 N–H and O–H groups in total. The quantitative estimate of drug-likeness (QED) is 0.732. The van der Waals surface area contributed by atoms with Crippen molar-refractivity contribution in [2.75, 3.05) is 0 Å². The van der Waals surface area contributed by atoms with E-state index in [1.807, 2.05) is 27.7 Å². The van der Waals surface area contributed by atoms with Gasteiger partial charge >= 0.3 is 5.97 Å². The third kappa shape index (κ3) is 5.78. The molecule has 0 aromatic carbocycles. The number of hydrogen-bond acceptors (Lipinski definition) is 3. The molecule has 0 aliphatic carbocycles. The molecule has 3 nitrogen and oxygen atoms in total. The number of carbonyl (C=O) groups is 1. The van der Waals surface area contributed by atoms with Gasteiger partial charge in [-0.25, -0.2) is 0 Å². The average Bonchev–Trinajstić information content (AvgIpc) is 1.99. The zero-order valence-electron chi connectivity index (χ0n) is 10.8. The molecule has 3 heteroatoms. The van der Waals surface area contributed by atoms with Gasteiger partial charge in [-0.1, -0.05) is 34.6 Å². The van der Waals surface area contributed by atoms with Crippen LogP contribution in [-0.2, 0) is 9.53 Å². The lowest BCUT2D eigenvalue weighted by molar-refractivity contribution is -0.153. The van der Waals surface area contributed by atoms with E-state index in [1.165, 1.54) is 0 Å². The summed E-state index contributed by atoms with van der Waals surface area (Å²) >= 11 is 0. The molecule has 2 atom stereocenters. The van der Waals surface area contributed by atoms with Crippen LogP contribution in [0.1, 0.15) is 48.0 Å². The lowest BCUT2D eigenvalue weighted by Crippen LogP contribution is -2.44. The highest BCUT2D eigenvalue weighted by Gasteiger charge is 2.29. The maximum atomic E-state index is 11.6. The molecule has 0 amide bonds. The van der Waals surface area contributed by atoms with Gasteiger partial charge < -0.3 is 10.5 Å². The lowest BCUT2D eigenvalue weighted by Gasteiger charge is -2.26. The van der Waals surface area contributed by atoms with Crippen LogP contribution in [-0.4, -0.2) is 18.1 Å². The Morgan fingerprint density at radius 1 is 1.27 bits per heavy atom. The van der Waals surface area contributed by atoms with Gasteiger partial charge in [0.1, 0.15) is 6.04 Å². The van der Waals surface area contributed by atoms with Crippen LogP contribution in [0, 0.1) is 11.3 Å². The summed E-state index contributed by atoms with van der Waals surface area (Å²) in [5.41, 5.74) is 5.56. The van der Waals surface area contributed by atoms with E-state index in [4.69, 9.17) is 10.5 Å². The normalized spacial score (nSPS) is 16.3. The first-order valence-corrected chi connectivity index (χ1v) is 5.60. The molecular weight excluding hydrogens is 190 g/mol. The molecule has 0 aromatic heterocycles. The van der Waals surface area contributed by atoms with Crippen LogP contribution in [0.5, 0.6) is 0 Å². The molecule has 0 aromatic rings. The van der Waals surface area contributed by atoms with E-state index in [9.17, 15) is 4.79 Å². The van der Waals surface area contributed by atoms with E-state index < -0.39 is 6.04 Å². The van der Waals surface area contributed by atoms with Gasteiger partial charge in [-0.2, -0.15) is 0 Å². The first-order chi connectivity index (χ1) is 6.64. The lowest BCUT2D eigenvalue weighted by atomic mass is 9.87. The van der Waals surface area contributed by atoms with Gasteiger partial charge in [0.25, 0.3) is 0 Å². The van der Waals surface area contributed by atoms with Crippen molar-refractivity contribution in [3.05, 3.63) is 0 Å². The van der Waals surface area contributed by atoms with Gasteiger partial charge in [-0.05, 0) is 24.7 Å². The Balaban J connectivity index is 4.14. The number of rotatable bonds is 4. The van der Waals surface area contributed by atoms with Gasteiger partial charge in [0.05, 0.1) is 6.10 Å². The molecule has 1 unspecified atom stereocenters. The second kappa shape index (κ2) is 5.50. The zero-order chi connectivity index (χ0) is 12.2. The summed E-state index contributed by atoms with van der Waals surface area (Å²) in [6.45, 7) is 11.9. The fraction of sp³-hybridized carbons (Fsp3) is 0.917. The van der Waals surface area contributed by atoms with E-state index in [0.717, 1.165) is 6.42 Å². The Bertz CT molecular complexity index is 206. The summed E-state index contributed by atoms with van der Waals surface area (Å²) in [5, 5.41) is 0. The molecule has 0 aliphatic rings. The number of hydrogen-bond donors (Lipinski definition) is 1. The fourth-order valence-corrected chi connectivity index (χ4v) is 1.34. The number of ether oxygens (including phenoxy) is 1. The highest BCUT2D eigenvalue weighted by atomic mass is 16.5. The van der Waals surface area contributed by atoms with Crippen molar-refractivity contribution >= 4 is 5.97 Å². The minimum absolute atomic E-state index is 0.0501. The molecule has 0 saturated carbocycles. The van der Waals surface area contributed by atoms with E-state index in [1.54, 1.807) is 0 Å². The van der Waals surface area contributed by atoms with Crippen LogP contribution in [0.25, 0.3) is 0 Å². The van der Waals surface area contributed by atoms with Crippen molar-refractivity contribution in [3.63, 3.8) is 0 Å². The molecule has 15 heavy (non-hydrogen) atoms. The summed E-state index contributed by atoms with van der Waals surface area (Å²) in [5.74, 6) is 0.231. The Morgan fingerprint density at radius 3 is 2.07 bits per heavy atom. The third-order valence-electron chi connectivity index (χ3n) is 2.31. The van der Waals surface area contributed by atoms with Crippen LogP contribution in [0.4, 0.5) is 0 Å². The van der Waals surface area contributed by atoms with Crippen LogP contribution in [0.3, 0.4) is 0 Å². The van der Waals surface area contributed by atoms with Crippen molar-refractivity contribution in [1.82, 2.24) is 0 Å². The molecule has 0 spiro atoms. The van der Waals surface area contributed by atoms with Crippen LogP contribution in [0.15, 0.2) is 0 Å². The SMILES string of the molecule is CC(C)CC(C)OC(=O)[C@@H](N)C(C)(C)C. The molecule has 0 bridgehead atoms. The summed E-state index contributed by atoms with van der Waals surface area (Å²) < 4.78 is 5.29. The Labute approximate surface area is 93.4 Å². The molecule has 0 fully saturated rings. The predicted molar refractivity (Wildman–Crippen MR) is 62.4 cm³/mol. The van der Waals surface area contributed by atoms with Crippen molar-refractivity contribution in [3.8, 4) is 0 Å². The van der Waals surface area contributed by atoms with E-state index in [0.29, 0.717) is 5.92 Å². The largest absolute Gasteiger partial charge is 0.461 e. The number of carbonyl (C=O) groups excluding carboxylic acids is 1. The minimum Gasteiger partial charge on any atom is -0.461 e. The number of esters is 1. The number of nitrogens with two attached hydrogens (primary N) is 1. The summed E-state index contributed by atoms with van der Waals surface area (Å²) in [4.78, 5) is 11.6. The van der Waals surface area contributed by atoms with Crippen molar-refractivity contribution in [1.29, 1.82) is 0 Å². The van der Waals surface area contributed by atoms with Gasteiger partial charge in [0.2, 0.25) is 0 Å². The molecule has 90 valence electrons. The summed E-state index contributed by atoms with van der Waals surface area (Å²) in [6.07, 6.45) is 0.827. The second-order valence-electron chi connectivity index (χ2n) is 5.72. The van der Waals surface area contributed by atoms with E-state index in [2.05, 4.69) is 13.8 Å². The highest BCUT2D eigenvalue weighted by Crippen LogP contribution is 2.19. The molecule has 0 saturated heterocycles. The molecule has 0 rings (SSSR count). The maximum Gasteiger partial charge on any atom is 0.323 e. The van der Waals surface area contributed by atoms with Crippen LogP contribution < -0.4 is 5.73 Å². The standard InChI is InChI=1S/C12H25NO2/c1-8(2)7-9(3)15-11(14)10(13)12(4,5)6/h8-10H,7,13H2,1-6H3/t9?,10-/m1/s1. The molecular formula is C12H25NO2. The molecule has 0 heterocycles. The van der Waals surface area contributed by atoms with Crippen molar-refractivity contribution in [2.45, 2.75) is 60.1 Å². The fourth-order valence-electron chi connectivity index (χ4n) is 1.34. The van der Waals surface area contributed by atoms with E-state index in [-0.39, 0.29) is 17.5 Å². The van der Waals surface area contributed by atoms with Crippen molar-refractivity contribution < 1.29 is 9.53 Å². The maximum absolute atomic E-state index is 11.6. The Morgan fingerprint density at radius 2 is 1.73 bits per heavy atom. The van der Waals surface area contributed by atoms with Gasteiger partial charge in [-0.15, -0.1) is 0 Å². The Hall–Kier alpha value is -0.570. The zero-order valence-corrected chi connectivity index (χ0v) is 10.8.